The summed E-state index contributed by atoms with van der Waals surface area (Å²) in [6, 6.07) is 7.19. The molecule has 5 nitrogen and oxygen atoms in total. The van der Waals surface area contributed by atoms with Crippen LogP contribution in [0.25, 0.3) is 6.08 Å². The number of carboxylic acid groups (broad SMARTS) is 1. The molecule has 0 saturated carbocycles. The SMILES string of the molecule is CCN(CC(C)C(=O)O)C(=O)/C=C/c1cccc(N)c1. The van der Waals surface area contributed by atoms with Crippen molar-refractivity contribution in [1.82, 2.24) is 4.90 Å². The first-order chi connectivity index (χ1) is 9.43. The van der Waals surface area contributed by atoms with Crippen LogP contribution in [0.3, 0.4) is 0 Å². The lowest BCUT2D eigenvalue weighted by Gasteiger charge is -2.21. The first-order valence-corrected chi connectivity index (χ1v) is 6.49. The van der Waals surface area contributed by atoms with Gasteiger partial charge < -0.3 is 15.7 Å². The van der Waals surface area contributed by atoms with Gasteiger partial charge in [0, 0.05) is 24.9 Å². The molecule has 108 valence electrons. The Morgan fingerprint density at radius 3 is 2.70 bits per heavy atom. The predicted octanol–water partition coefficient (Wildman–Crippen LogP) is 1.85. The van der Waals surface area contributed by atoms with Gasteiger partial charge in [-0.3, -0.25) is 9.59 Å². The van der Waals surface area contributed by atoms with Gasteiger partial charge in [0.25, 0.3) is 0 Å². The van der Waals surface area contributed by atoms with Crippen LogP contribution in [0.5, 0.6) is 0 Å². The van der Waals surface area contributed by atoms with Crippen LogP contribution in [0, 0.1) is 5.92 Å². The molecule has 0 heterocycles. The van der Waals surface area contributed by atoms with Gasteiger partial charge in [-0.2, -0.15) is 0 Å². The average molecular weight is 276 g/mol. The second-order valence-corrected chi connectivity index (χ2v) is 4.62. The summed E-state index contributed by atoms with van der Waals surface area (Å²) in [5.41, 5.74) is 7.12. The van der Waals surface area contributed by atoms with E-state index in [4.69, 9.17) is 10.8 Å². The number of carbonyl (C=O) groups is 2. The van der Waals surface area contributed by atoms with E-state index in [1.165, 1.54) is 11.0 Å². The molecule has 20 heavy (non-hydrogen) atoms. The lowest BCUT2D eigenvalue weighted by atomic mass is 10.1. The normalized spacial score (nSPS) is 12.3. The first-order valence-electron chi connectivity index (χ1n) is 6.49. The zero-order chi connectivity index (χ0) is 15.1. The van der Waals surface area contributed by atoms with Crippen LogP contribution in [0.2, 0.25) is 0 Å². The van der Waals surface area contributed by atoms with Crippen molar-refractivity contribution in [3.8, 4) is 0 Å². The largest absolute Gasteiger partial charge is 0.481 e. The number of aliphatic carboxylic acids is 1. The van der Waals surface area contributed by atoms with Crippen molar-refractivity contribution in [3.05, 3.63) is 35.9 Å². The zero-order valence-corrected chi connectivity index (χ0v) is 11.7. The minimum atomic E-state index is -0.906. The van der Waals surface area contributed by atoms with E-state index in [1.807, 2.05) is 19.1 Å². The Bertz CT molecular complexity index is 512. The highest BCUT2D eigenvalue weighted by Gasteiger charge is 2.17. The Hall–Kier alpha value is -2.30. The number of rotatable bonds is 6. The van der Waals surface area contributed by atoms with Gasteiger partial charge in [0.1, 0.15) is 0 Å². The summed E-state index contributed by atoms with van der Waals surface area (Å²) in [6.45, 7) is 4.07. The maximum Gasteiger partial charge on any atom is 0.308 e. The highest BCUT2D eigenvalue weighted by molar-refractivity contribution is 5.92. The molecule has 0 fully saturated rings. The molecule has 0 bridgehead atoms. The minimum absolute atomic E-state index is 0.200. The highest BCUT2D eigenvalue weighted by atomic mass is 16.4. The minimum Gasteiger partial charge on any atom is -0.481 e. The van der Waals surface area contributed by atoms with E-state index >= 15 is 0 Å². The number of amides is 1. The van der Waals surface area contributed by atoms with Crippen LogP contribution in [0.1, 0.15) is 19.4 Å². The quantitative estimate of drug-likeness (QED) is 0.613. The Kier molecular flexibility index (Phi) is 5.77. The van der Waals surface area contributed by atoms with Crippen LogP contribution in [-0.4, -0.2) is 35.0 Å². The van der Waals surface area contributed by atoms with Crippen molar-refractivity contribution in [2.24, 2.45) is 5.92 Å². The molecule has 0 aliphatic carbocycles. The van der Waals surface area contributed by atoms with Crippen molar-refractivity contribution in [2.75, 3.05) is 18.8 Å². The Morgan fingerprint density at radius 2 is 2.15 bits per heavy atom. The molecular formula is C15H20N2O3. The molecule has 0 spiro atoms. The van der Waals surface area contributed by atoms with Crippen molar-refractivity contribution in [3.63, 3.8) is 0 Å². The standard InChI is InChI=1S/C15H20N2O3/c1-3-17(10-11(2)15(19)20)14(18)8-7-12-5-4-6-13(16)9-12/h4-9,11H,3,10,16H2,1-2H3,(H,19,20)/b8-7+. The number of anilines is 1. The van der Waals surface area contributed by atoms with Gasteiger partial charge in [0.2, 0.25) is 5.91 Å². The zero-order valence-electron chi connectivity index (χ0n) is 11.7. The van der Waals surface area contributed by atoms with Crippen molar-refractivity contribution >= 4 is 23.6 Å². The molecule has 1 amide bonds. The summed E-state index contributed by atoms with van der Waals surface area (Å²) in [6.07, 6.45) is 3.11. The van der Waals surface area contributed by atoms with Crippen LogP contribution >= 0.6 is 0 Å². The topological polar surface area (TPSA) is 83.6 Å². The summed E-state index contributed by atoms with van der Waals surface area (Å²) in [5, 5.41) is 8.88. The molecule has 0 saturated heterocycles. The molecule has 0 aromatic heterocycles. The fourth-order valence-corrected chi connectivity index (χ4v) is 1.72. The summed E-state index contributed by atoms with van der Waals surface area (Å²) in [4.78, 5) is 24.3. The van der Waals surface area contributed by atoms with E-state index < -0.39 is 11.9 Å². The van der Waals surface area contributed by atoms with Gasteiger partial charge in [-0.1, -0.05) is 19.1 Å². The molecule has 1 atom stereocenters. The van der Waals surface area contributed by atoms with Gasteiger partial charge in [0.15, 0.2) is 0 Å². The molecule has 1 aromatic carbocycles. The van der Waals surface area contributed by atoms with Gasteiger partial charge in [0.05, 0.1) is 5.92 Å². The lowest BCUT2D eigenvalue weighted by molar-refractivity contribution is -0.142. The number of carbonyl (C=O) groups excluding carboxylic acids is 1. The molecule has 5 heteroatoms. The van der Waals surface area contributed by atoms with Crippen molar-refractivity contribution in [2.45, 2.75) is 13.8 Å². The van der Waals surface area contributed by atoms with E-state index in [0.717, 1.165) is 5.56 Å². The van der Waals surface area contributed by atoms with Crippen LogP contribution < -0.4 is 5.73 Å². The Morgan fingerprint density at radius 1 is 1.45 bits per heavy atom. The molecule has 0 aliphatic rings. The van der Waals surface area contributed by atoms with Crippen molar-refractivity contribution in [1.29, 1.82) is 0 Å². The smallest absolute Gasteiger partial charge is 0.308 e. The van der Waals surface area contributed by atoms with E-state index in [2.05, 4.69) is 0 Å². The molecule has 0 aliphatic heterocycles. The summed E-state index contributed by atoms with van der Waals surface area (Å²) in [7, 11) is 0. The van der Waals surface area contributed by atoms with Crippen LogP contribution in [-0.2, 0) is 9.59 Å². The fourth-order valence-electron chi connectivity index (χ4n) is 1.72. The second-order valence-electron chi connectivity index (χ2n) is 4.62. The highest BCUT2D eigenvalue weighted by Crippen LogP contribution is 2.09. The summed E-state index contributed by atoms with van der Waals surface area (Å²) >= 11 is 0. The number of hydrogen-bond donors (Lipinski definition) is 2. The van der Waals surface area contributed by atoms with E-state index in [0.29, 0.717) is 12.2 Å². The van der Waals surface area contributed by atoms with E-state index in [9.17, 15) is 9.59 Å². The number of nitrogen functional groups attached to an aromatic ring is 1. The molecule has 1 rings (SSSR count). The maximum atomic E-state index is 12.0. The molecule has 1 aromatic rings. The van der Waals surface area contributed by atoms with Gasteiger partial charge in [-0.25, -0.2) is 0 Å². The number of likely N-dealkylation sites (N-methyl/N-ethyl adjacent to an activating group) is 1. The maximum absolute atomic E-state index is 12.0. The summed E-state index contributed by atoms with van der Waals surface area (Å²) < 4.78 is 0. The average Bonchev–Trinajstić information content (AvgIpc) is 2.41. The Labute approximate surface area is 118 Å². The van der Waals surface area contributed by atoms with Crippen LogP contribution in [0.15, 0.2) is 30.3 Å². The second kappa shape index (κ2) is 7.33. The number of carboxylic acids is 1. The predicted molar refractivity (Wildman–Crippen MR) is 78.9 cm³/mol. The molecular weight excluding hydrogens is 256 g/mol. The van der Waals surface area contributed by atoms with Crippen LogP contribution in [0.4, 0.5) is 5.69 Å². The third-order valence-electron chi connectivity index (χ3n) is 2.94. The third kappa shape index (κ3) is 4.76. The van der Waals surface area contributed by atoms with Gasteiger partial charge >= 0.3 is 5.97 Å². The van der Waals surface area contributed by atoms with E-state index in [-0.39, 0.29) is 12.5 Å². The van der Waals surface area contributed by atoms with Gasteiger partial charge in [-0.15, -0.1) is 0 Å². The fraction of sp³-hybridized carbons (Fsp3) is 0.333. The monoisotopic (exact) mass is 276 g/mol. The number of nitrogens with zero attached hydrogens (tertiary/aromatic N) is 1. The Balaban J connectivity index is 2.70. The summed E-state index contributed by atoms with van der Waals surface area (Å²) in [5.74, 6) is -1.70. The lowest BCUT2D eigenvalue weighted by Crippen LogP contribution is -2.35. The third-order valence-corrected chi connectivity index (χ3v) is 2.94. The number of hydrogen-bond acceptors (Lipinski definition) is 3. The van der Waals surface area contributed by atoms with E-state index in [1.54, 1.807) is 25.1 Å². The first kappa shape index (κ1) is 15.8. The molecule has 0 radical (unpaired) electrons. The molecule has 3 N–H and O–H groups in total. The number of benzene rings is 1. The number of nitrogens with two attached hydrogens (primary N) is 1. The van der Waals surface area contributed by atoms with Gasteiger partial charge in [-0.05, 0) is 30.7 Å². The molecule has 1 unspecified atom stereocenters. The van der Waals surface area contributed by atoms with Crippen molar-refractivity contribution < 1.29 is 14.7 Å².